The first-order valence-electron chi connectivity index (χ1n) is 20.0. The van der Waals surface area contributed by atoms with Gasteiger partial charge in [-0.1, -0.05) is 190 Å². The van der Waals surface area contributed by atoms with E-state index >= 15 is 0 Å². The van der Waals surface area contributed by atoms with Gasteiger partial charge in [0.15, 0.2) is 0 Å². The summed E-state index contributed by atoms with van der Waals surface area (Å²) in [6.07, 6.45) is 0. The van der Waals surface area contributed by atoms with Crippen molar-refractivity contribution >= 4 is 27.8 Å². The minimum atomic E-state index is -0.499. The molecule has 11 rings (SSSR count). The summed E-state index contributed by atoms with van der Waals surface area (Å²) in [5.41, 5.74) is 18.3. The fourth-order valence-corrected chi connectivity index (χ4v) is 10.2. The maximum absolute atomic E-state index is 2.52. The minimum absolute atomic E-state index is 0.233. The van der Waals surface area contributed by atoms with E-state index in [1.165, 1.54) is 83.2 Å². The van der Waals surface area contributed by atoms with Crippen molar-refractivity contribution in [3.05, 3.63) is 246 Å². The second kappa shape index (κ2) is 12.8. The van der Waals surface area contributed by atoms with Crippen molar-refractivity contribution in [2.24, 2.45) is 0 Å². The van der Waals surface area contributed by atoms with E-state index < -0.39 is 5.41 Å². The zero-order valence-corrected chi connectivity index (χ0v) is 32.2. The molecule has 0 saturated heterocycles. The summed E-state index contributed by atoms with van der Waals surface area (Å²) in [7, 11) is 0. The highest BCUT2D eigenvalue weighted by atomic mass is 15.1. The lowest BCUT2D eigenvalue weighted by Gasteiger charge is -2.35. The molecule has 1 nitrogen and oxygen atoms in total. The van der Waals surface area contributed by atoms with E-state index in [4.69, 9.17) is 0 Å². The van der Waals surface area contributed by atoms with E-state index in [1.54, 1.807) is 0 Å². The Labute approximate surface area is 335 Å². The monoisotopic (exact) mass is 727 g/mol. The number of rotatable bonds is 6. The fraction of sp³-hybridized carbons (Fsp3) is 0.0714. The molecule has 0 N–H and O–H groups in total. The van der Waals surface area contributed by atoms with Crippen molar-refractivity contribution in [2.45, 2.75) is 24.7 Å². The van der Waals surface area contributed by atoms with Crippen molar-refractivity contribution in [3.8, 4) is 33.4 Å². The summed E-state index contributed by atoms with van der Waals surface area (Å²) in [6.45, 7) is 4.83. The topological polar surface area (TPSA) is 3.24 Å². The van der Waals surface area contributed by atoms with Crippen molar-refractivity contribution in [1.29, 1.82) is 0 Å². The van der Waals surface area contributed by atoms with Gasteiger partial charge in [-0.15, -0.1) is 0 Å². The molecule has 2 aliphatic rings. The van der Waals surface area contributed by atoms with Gasteiger partial charge in [0.25, 0.3) is 0 Å². The molecule has 0 radical (unpaired) electrons. The van der Waals surface area contributed by atoms with Crippen LogP contribution in [0.4, 0.5) is 17.1 Å². The lowest BCUT2D eigenvalue weighted by Crippen LogP contribution is -2.28. The largest absolute Gasteiger partial charge is 0.310 e. The Morgan fingerprint density at radius 2 is 0.965 bits per heavy atom. The van der Waals surface area contributed by atoms with Gasteiger partial charge >= 0.3 is 0 Å². The van der Waals surface area contributed by atoms with Crippen LogP contribution in [0.3, 0.4) is 0 Å². The van der Waals surface area contributed by atoms with Gasteiger partial charge in [-0.3, -0.25) is 0 Å². The van der Waals surface area contributed by atoms with Crippen molar-refractivity contribution in [2.75, 3.05) is 4.90 Å². The summed E-state index contributed by atoms with van der Waals surface area (Å²) in [5.74, 6) is 0. The molecule has 0 bridgehead atoms. The van der Waals surface area contributed by atoms with Gasteiger partial charge in [0.1, 0.15) is 0 Å². The Hall–Kier alpha value is -6.96. The summed E-state index contributed by atoms with van der Waals surface area (Å²) >= 11 is 0. The molecule has 0 spiro atoms. The highest BCUT2D eigenvalue weighted by Gasteiger charge is 2.47. The molecule has 1 heteroatoms. The normalized spacial score (nSPS) is 14.1. The average Bonchev–Trinajstić information content (AvgIpc) is 3.70. The summed E-state index contributed by atoms with van der Waals surface area (Å²) < 4.78 is 0. The molecule has 0 amide bonds. The number of benzene rings is 9. The van der Waals surface area contributed by atoms with E-state index in [1.807, 2.05) is 0 Å². The standard InChI is InChI=1S/C56H41N/c1-55(2)50-35-39(38-19-7-3-8-20-38)31-33-48(50)53-52(36-40-21-15-16-28-45(40)54(53)55)57(43-26-13-6-14-27-43)44-32-34-47-46-29-17-18-30-49(46)56(51(47)37-44,41-22-9-4-10-23-41)42-24-11-5-12-25-42/h3-37H,1-2H3. The molecule has 9 aromatic rings. The number of para-hydroxylation sites is 1. The average molecular weight is 728 g/mol. The van der Waals surface area contributed by atoms with Crippen LogP contribution >= 0.6 is 0 Å². The number of anilines is 3. The third-order valence-electron chi connectivity index (χ3n) is 12.7. The zero-order valence-electron chi connectivity index (χ0n) is 32.2. The summed E-state index contributed by atoms with van der Waals surface area (Å²) in [4.78, 5) is 2.52. The smallest absolute Gasteiger partial charge is 0.0714 e. The van der Waals surface area contributed by atoms with E-state index in [9.17, 15) is 0 Å². The predicted molar refractivity (Wildman–Crippen MR) is 239 cm³/mol. The van der Waals surface area contributed by atoms with Gasteiger partial charge in [-0.05, 0) is 108 Å². The van der Waals surface area contributed by atoms with Crippen LogP contribution < -0.4 is 4.90 Å². The molecule has 0 unspecified atom stereocenters. The summed E-state index contributed by atoms with van der Waals surface area (Å²) in [5, 5.41) is 2.55. The molecule has 0 heterocycles. The molecule has 0 atom stereocenters. The van der Waals surface area contributed by atoms with Crippen LogP contribution in [0.1, 0.15) is 47.2 Å². The Balaban J connectivity index is 1.21. The molecule has 2 aliphatic carbocycles. The lowest BCUT2D eigenvalue weighted by atomic mass is 9.67. The van der Waals surface area contributed by atoms with E-state index in [2.05, 4.69) is 231 Å². The second-order valence-electron chi connectivity index (χ2n) is 16.0. The molecule has 270 valence electrons. The third-order valence-corrected chi connectivity index (χ3v) is 12.7. The number of hydrogen-bond donors (Lipinski definition) is 0. The van der Waals surface area contributed by atoms with E-state index in [0.717, 1.165) is 11.4 Å². The molecular formula is C56H41N. The molecule has 0 fully saturated rings. The molecule has 57 heavy (non-hydrogen) atoms. The van der Waals surface area contributed by atoms with Crippen molar-refractivity contribution in [3.63, 3.8) is 0 Å². The first kappa shape index (κ1) is 33.4. The van der Waals surface area contributed by atoms with Gasteiger partial charge in [0.2, 0.25) is 0 Å². The van der Waals surface area contributed by atoms with Crippen LogP contribution in [0, 0.1) is 0 Å². The van der Waals surface area contributed by atoms with Crippen LogP contribution in [0.2, 0.25) is 0 Å². The van der Waals surface area contributed by atoms with E-state index in [0.29, 0.717) is 0 Å². The fourth-order valence-electron chi connectivity index (χ4n) is 10.2. The van der Waals surface area contributed by atoms with Crippen LogP contribution in [0.25, 0.3) is 44.2 Å². The van der Waals surface area contributed by atoms with Crippen LogP contribution in [0.5, 0.6) is 0 Å². The third kappa shape index (κ3) is 4.89. The predicted octanol–water partition coefficient (Wildman–Crippen LogP) is 14.6. The first-order chi connectivity index (χ1) is 28.0. The van der Waals surface area contributed by atoms with Crippen molar-refractivity contribution in [1.82, 2.24) is 0 Å². The SMILES string of the molecule is CC1(C)c2cc(-c3ccccc3)ccc2-c2c(N(c3ccccc3)c3ccc4c(c3)C(c3ccccc3)(c3ccccc3)c3ccccc3-4)cc3ccccc3c21. The highest BCUT2D eigenvalue weighted by molar-refractivity contribution is 6.06. The van der Waals surface area contributed by atoms with Gasteiger partial charge < -0.3 is 4.90 Å². The second-order valence-corrected chi connectivity index (χ2v) is 16.0. The Bertz CT molecular complexity index is 2920. The number of hydrogen-bond acceptors (Lipinski definition) is 1. The molecule has 9 aromatic carbocycles. The van der Waals surface area contributed by atoms with Gasteiger partial charge in [0, 0.05) is 22.4 Å². The molecule has 0 aromatic heterocycles. The van der Waals surface area contributed by atoms with Crippen LogP contribution in [-0.2, 0) is 10.8 Å². The van der Waals surface area contributed by atoms with Crippen LogP contribution in [-0.4, -0.2) is 0 Å². The van der Waals surface area contributed by atoms with Crippen LogP contribution in [0.15, 0.2) is 212 Å². The Morgan fingerprint density at radius 3 is 1.68 bits per heavy atom. The zero-order chi connectivity index (χ0) is 38.1. The maximum atomic E-state index is 2.52. The van der Waals surface area contributed by atoms with Crippen molar-refractivity contribution < 1.29 is 0 Å². The Kier molecular flexibility index (Phi) is 7.50. The molecule has 0 aliphatic heterocycles. The minimum Gasteiger partial charge on any atom is -0.310 e. The van der Waals surface area contributed by atoms with Gasteiger partial charge in [-0.2, -0.15) is 0 Å². The number of fused-ring (bicyclic) bond motifs is 8. The lowest BCUT2D eigenvalue weighted by molar-refractivity contribution is 0.666. The highest BCUT2D eigenvalue weighted by Crippen LogP contribution is 2.60. The maximum Gasteiger partial charge on any atom is 0.0714 e. The van der Waals surface area contributed by atoms with Gasteiger partial charge in [-0.25, -0.2) is 0 Å². The van der Waals surface area contributed by atoms with E-state index in [-0.39, 0.29) is 5.41 Å². The Morgan fingerprint density at radius 1 is 0.386 bits per heavy atom. The molecule has 0 saturated carbocycles. The summed E-state index contributed by atoms with van der Waals surface area (Å²) in [6, 6.07) is 78.7. The quantitative estimate of drug-likeness (QED) is 0.165. The molecular weight excluding hydrogens is 687 g/mol. The first-order valence-corrected chi connectivity index (χ1v) is 20.0. The van der Waals surface area contributed by atoms with Gasteiger partial charge in [0.05, 0.1) is 11.1 Å². The number of nitrogens with zero attached hydrogens (tertiary/aromatic N) is 1.